The number of pyridine rings is 1. The molecule has 0 spiro atoms. The van der Waals surface area contributed by atoms with Crippen LogP contribution < -0.4 is 10.5 Å². The summed E-state index contributed by atoms with van der Waals surface area (Å²) < 4.78 is 1.67. The number of carbonyl (C=O) groups excluding carboxylic acids is 1. The van der Waals surface area contributed by atoms with Gasteiger partial charge in [-0.05, 0) is 53.5 Å². The molecule has 5 rings (SSSR count). The molecular formula is C28H24N2O2. The Bertz CT molecular complexity index is 1430. The van der Waals surface area contributed by atoms with Crippen LogP contribution in [0.2, 0.25) is 0 Å². The van der Waals surface area contributed by atoms with E-state index < -0.39 is 0 Å². The lowest BCUT2D eigenvalue weighted by Crippen LogP contribution is -2.34. The number of amides is 1. The first-order valence-electron chi connectivity index (χ1n) is 10.9. The highest BCUT2D eigenvalue weighted by Gasteiger charge is 2.27. The molecule has 0 saturated carbocycles. The third-order valence-electron chi connectivity index (χ3n) is 6.22. The molecule has 158 valence electrons. The van der Waals surface area contributed by atoms with Crippen LogP contribution in [0.3, 0.4) is 0 Å². The molecule has 0 saturated heterocycles. The molecule has 0 bridgehead atoms. The van der Waals surface area contributed by atoms with Crippen LogP contribution in [0.4, 0.5) is 5.69 Å². The largest absolute Gasteiger partial charge is 0.312 e. The summed E-state index contributed by atoms with van der Waals surface area (Å²) in [5.74, 6) is 0.0733. The van der Waals surface area contributed by atoms with Crippen molar-refractivity contribution in [3.63, 3.8) is 0 Å². The van der Waals surface area contributed by atoms with Crippen LogP contribution >= 0.6 is 0 Å². The van der Waals surface area contributed by atoms with Gasteiger partial charge in [0, 0.05) is 30.6 Å². The quantitative estimate of drug-likeness (QED) is 0.456. The van der Waals surface area contributed by atoms with Crippen LogP contribution in [0.15, 0.2) is 83.7 Å². The molecule has 0 N–H and O–H groups in total. The number of benzene rings is 3. The Kier molecular flexibility index (Phi) is 4.98. The van der Waals surface area contributed by atoms with Gasteiger partial charge < -0.3 is 9.47 Å². The molecule has 0 aliphatic carbocycles. The van der Waals surface area contributed by atoms with Gasteiger partial charge in [-0.2, -0.15) is 0 Å². The maximum atomic E-state index is 13.3. The summed E-state index contributed by atoms with van der Waals surface area (Å²) in [6.45, 7) is 2.57. The number of hydrogen-bond donors (Lipinski definition) is 0. The molecule has 0 unspecified atom stereocenters. The highest BCUT2D eigenvalue weighted by molar-refractivity contribution is 6.11. The average molecular weight is 421 g/mol. The number of likely N-dealkylation sites (N-methyl/N-ethyl adjacent to an activating group) is 1. The predicted octanol–water partition coefficient (Wildman–Crippen LogP) is 5.04. The zero-order chi connectivity index (χ0) is 22.2. The lowest BCUT2D eigenvalue weighted by Gasteiger charge is -2.30. The number of carbonyl (C=O) groups is 1. The lowest BCUT2D eigenvalue weighted by molar-refractivity contribution is -0.117. The number of rotatable bonds is 2. The molecule has 0 radical (unpaired) electrons. The van der Waals surface area contributed by atoms with Crippen LogP contribution in [0.1, 0.15) is 29.2 Å². The molecule has 1 aliphatic heterocycles. The minimum atomic E-state index is -0.0549. The standard InChI is InChI=1S/C28H24N2O2/c1-3-30-25-15-14-24-22(13-16-26(31)29(24)2)28(25)23(17-19-9-5-4-6-10-19)21-12-8-7-11-20(21)18-27(30)32/h4-17H,3,18H2,1-2H3/b23-17+. The van der Waals surface area contributed by atoms with Gasteiger partial charge in [-0.1, -0.05) is 54.6 Å². The van der Waals surface area contributed by atoms with Crippen LogP contribution in [-0.4, -0.2) is 17.0 Å². The number of aryl methyl sites for hydroxylation is 1. The molecule has 1 amide bonds. The molecule has 1 aromatic heterocycles. The van der Waals surface area contributed by atoms with Gasteiger partial charge >= 0.3 is 0 Å². The maximum absolute atomic E-state index is 13.3. The van der Waals surface area contributed by atoms with E-state index >= 15 is 0 Å². The van der Waals surface area contributed by atoms with Crippen molar-refractivity contribution in [3.8, 4) is 0 Å². The molecule has 4 aromatic rings. The second-order valence-corrected chi connectivity index (χ2v) is 8.06. The topological polar surface area (TPSA) is 42.3 Å². The predicted molar refractivity (Wildman–Crippen MR) is 131 cm³/mol. The minimum Gasteiger partial charge on any atom is -0.312 e. The van der Waals surface area contributed by atoms with Gasteiger partial charge in [-0.15, -0.1) is 0 Å². The SMILES string of the molecule is CCN1C(=O)Cc2ccccc2/C(=C\c2ccccc2)c2c1ccc1c2ccc(=O)n1C. The second kappa shape index (κ2) is 7.97. The van der Waals surface area contributed by atoms with Crippen molar-refractivity contribution in [2.45, 2.75) is 13.3 Å². The van der Waals surface area contributed by atoms with Crippen molar-refractivity contribution in [1.82, 2.24) is 4.57 Å². The first-order chi connectivity index (χ1) is 15.6. The van der Waals surface area contributed by atoms with Gasteiger partial charge in [0.05, 0.1) is 17.6 Å². The fourth-order valence-electron chi connectivity index (χ4n) is 4.63. The second-order valence-electron chi connectivity index (χ2n) is 8.06. The van der Waals surface area contributed by atoms with E-state index in [2.05, 4.69) is 24.3 Å². The Labute approximate surface area is 187 Å². The molecule has 1 aliphatic rings. The highest BCUT2D eigenvalue weighted by Crippen LogP contribution is 2.41. The van der Waals surface area contributed by atoms with Crippen molar-refractivity contribution in [2.75, 3.05) is 11.4 Å². The first-order valence-corrected chi connectivity index (χ1v) is 10.9. The van der Waals surface area contributed by atoms with Gasteiger partial charge in [-0.3, -0.25) is 9.59 Å². The Balaban J connectivity index is 1.96. The minimum absolute atomic E-state index is 0.0549. The summed E-state index contributed by atoms with van der Waals surface area (Å²) in [6.07, 6.45) is 2.53. The molecule has 4 nitrogen and oxygen atoms in total. The van der Waals surface area contributed by atoms with Gasteiger partial charge in [0.15, 0.2) is 0 Å². The van der Waals surface area contributed by atoms with E-state index in [-0.39, 0.29) is 11.5 Å². The lowest BCUT2D eigenvalue weighted by atomic mass is 9.86. The summed E-state index contributed by atoms with van der Waals surface area (Å²) in [5.41, 5.74) is 6.83. The number of fused-ring (bicyclic) bond motifs is 4. The smallest absolute Gasteiger partial charge is 0.250 e. The van der Waals surface area contributed by atoms with Crippen molar-refractivity contribution in [2.24, 2.45) is 7.05 Å². The molecule has 32 heavy (non-hydrogen) atoms. The van der Waals surface area contributed by atoms with E-state index in [4.69, 9.17) is 0 Å². The van der Waals surface area contributed by atoms with E-state index in [1.807, 2.05) is 66.4 Å². The fourth-order valence-corrected chi connectivity index (χ4v) is 4.63. The van der Waals surface area contributed by atoms with Gasteiger partial charge in [0.2, 0.25) is 5.91 Å². The van der Waals surface area contributed by atoms with Crippen LogP contribution in [0.5, 0.6) is 0 Å². The summed E-state index contributed by atoms with van der Waals surface area (Å²) in [7, 11) is 1.79. The summed E-state index contributed by atoms with van der Waals surface area (Å²) in [6, 6.07) is 25.7. The maximum Gasteiger partial charge on any atom is 0.250 e. The normalized spacial score (nSPS) is 14.8. The monoisotopic (exact) mass is 420 g/mol. The van der Waals surface area contributed by atoms with Crippen molar-refractivity contribution in [3.05, 3.63) is 111 Å². The van der Waals surface area contributed by atoms with Gasteiger partial charge in [0.25, 0.3) is 5.56 Å². The van der Waals surface area contributed by atoms with E-state index in [0.29, 0.717) is 13.0 Å². The van der Waals surface area contributed by atoms with Crippen LogP contribution in [-0.2, 0) is 18.3 Å². The average Bonchev–Trinajstić information content (AvgIpc) is 2.81. The first kappa shape index (κ1) is 20.0. The summed E-state index contributed by atoms with van der Waals surface area (Å²) in [5, 5.41) is 0.953. The van der Waals surface area contributed by atoms with Gasteiger partial charge in [-0.25, -0.2) is 0 Å². The van der Waals surface area contributed by atoms with Crippen LogP contribution in [0, 0.1) is 0 Å². The third-order valence-corrected chi connectivity index (χ3v) is 6.22. The fraction of sp³-hybridized carbons (Fsp3) is 0.143. The van der Waals surface area contributed by atoms with Crippen molar-refractivity contribution < 1.29 is 4.79 Å². The summed E-state index contributed by atoms with van der Waals surface area (Å²) >= 11 is 0. The molecule has 0 fully saturated rings. The van der Waals surface area contributed by atoms with E-state index in [1.54, 1.807) is 17.7 Å². The number of hydrogen-bond acceptors (Lipinski definition) is 2. The van der Waals surface area contributed by atoms with E-state index in [0.717, 1.165) is 44.4 Å². The molecule has 2 heterocycles. The Morgan fingerprint density at radius 3 is 2.41 bits per heavy atom. The third kappa shape index (κ3) is 3.25. The zero-order valence-corrected chi connectivity index (χ0v) is 18.2. The Hall–Kier alpha value is -3.92. The Morgan fingerprint density at radius 1 is 0.875 bits per heavy atom. The Morgan fingerprint density at radius 2 is 1.62 bits per heavy atom. The molecule has 3 aromatic carbocycles. The number of aromatic nitrogens is 1. The number of nitrogens with zero attached hydrogens (tertiary/aromatic N) is 2. The van der Waals surface area contributed by atoms with Crippen molar-refractivity contribution in [1.29, 1.82) is 0 Å². The highest BCUT2D eigenvalue weighted by atomic mass is 16.2. The van der Waals surface area contributed by atoms with Gasteiger partial charge in [0.1, 0.15) is 0 Å². The summed E-state index contributed by atoms with van der Waals surface area (Å²) in [4.78, 5) is 27.5. The molecule has 0 atom stereocenters. The van der Waals surface area contributed by atoms with E-state index in [9.17, 15) is 9.59 Å². The zero-order valence-electron chi connectivity index (χ0n) is 18.2. The number of anilines is 1. The van der Waals surface area contributed by atoms with E-state index in [1.165, 1.54) is 0 Å². The van der Waals surface area contributed by atoms with Crippen LogP contribution in [0.25, 0.3) is 22.6 Å². The molecule has 4 heteroatoms. The van der Waals surface area contributed by atoms with Crippen molar-refractivity contribution >= 4 is 34.1 Å². The molecular weight excluding hydrogens is 396 g/mol.